The van der Waals surface area contributed by atoms with Crippen LogP contribution in [-0.2, 0) is 0 Å². The molecular weight excluding hydrogens is 609 g/mol. The van der Waals surface area contributed by atoms with E-state index in [2.05, 4.69) is 152 Å². The van der Waals surface area contributed by atoms with Crippen molar-refractivity contribution in [3.8, 4) is 84.0 Å². The Labute approximate surface area is 292 Å². The third-order valence-corrected chi connectivity index (χ3v) is 9.54. The zero-order valence-electron chi connectivity index (χ0n) is 27.3. The van der Waals surface area contributed by atoms with Crippen molar-refractivity contribution in [2.45, 2.75) is 0 Å². The molecule has 0 spiro atoms. The van der Waals surface area contributed by atoms with Crippen LogP contribution < -0.4 is 9.47 Å². The molecule has 0 aliphatic carbocycles. The molecule has 2 aliphatic rings. The van der Waals surface area contributed by atoms with Crippen LogP contribution in [0.5, 0.6) is 17.2 Å². The van der Waals surface area contributed by atoms with Crippen molar-refractivity contribution >= 4 is 5.76 Å². The number of fused-ring (bicyclic) bond motifs is 8. The Kier molecular flexibility index (Phi) is 7.33. The van der Waals surface area contributed by atoms with Crippen LogP contribution in [0.15, 0.2) is 189 Å². The van der Waals surface area contributed by atoms with E-state index in [0.717, 1.165) is 62.0 Å². The first-order valence-electron chi connectivity index (χ1n) is 16.9. The Morgan fingerprint density at radius 2 is 0.740 bits per heavy atom. The van der Waals surface area contributed by atoms with E-state index in [-0.39, 0.29) is 0 Å². The number of hydrogen-bond acceptors (Lipinski definition) is 2. The van der Waals surface area contributed by atoms with Crippen LogP contribution in [-0.4, -0.2) is 0 Å². The van der Waals surface area contributed by atoms with Gasteiger partial charge in [0.1, 0.15) is 23.0 Å². The fourth-order valence-corrected chi connectivity index (χ4v) is 7.03. The second-order valence-electron chi connectivity index (χ2n) is 12.5. The molecule has 236 valence electrons. The van der Waals surface area contributed by atoms with Gasteiger partial charge in [0.05, 0.1) is 0 Å². The van der Waals surface area contributed by atoms with Gasteiger partial charge in [0.2, 0.25) is 0 Å². The summed E-state index contributed by atoms with van der Waals surface area (Å²) in [4.78, 5) is 0. The summed E-state index contributed by atoms with van der Waals surface area (Å²) in [5.41, 5.74) is 14.9. The zero-order chi connectivity index (χ0) is 33.4. The molecule has 0 unspecified atom stereocenters. The summed E-state index contributed by atoms with van der Waals surface area (Å²) in [5.74, 6) is 3.45. The van der Waals surface area contributed by atoms with Gasteiger partial charge in [-0.15, -0.1) is 0 Å². The predicted molar refractivity (Wildman–Crippen MR) is 207 cm³/mol. The highest BCUT2D eigenvalue weighted by Gasteiger charge is 2.22. The molecule has 0 radical (unpaired) electrons. The number of allylic oxidation sites excluding steroid dienone is 4. The lowest BCUT2D eigenvalue weighted by Crippen LogP contribution is -2.04. The molecule has 2 aliphatic heterocycles. The maximum atomic E-state index is 6.44. The molecule has 9 rings (SSSR count). The minimum absolute atomic E-state index is 0.835. The molecule has 2 nitrogen and oxygen atoms in total. The molecule has 2 heterocycles. The molecule has 2 heteroatoms. The van der Waals surface area contributed by atoms with Crippen LogP contribution in [0.25, 0.3) is 72.5 Å². The summed E-state index contributed by atoms with van der Waals surface area (Å²) in [6.45, 7) is 3.76. The number of para-hydroxylation sites is 1. The largest absolute Gasteiger partial charge is 0.456 e. The molecule has 0 fully saturated rings. The Morgan fingerprint density at radius 1 is 0.340 bits per heavy atom. The monoisotopic (exact) mass is 640 g/mol. The van der Waals surface area contributed by atoms with Gasteiger partial charge in [-0.2, -0.15) is 0 Å². The minimum atomic E-state index is 0.835. The lowest BCUT2D eigenvalue weighted by molar-refractivity contribution is 0.488. The second kappa shape index (κ2) is 12.4. The number of ether oxygens (including phenoxy) is 2. The number of benzene rings is 7. The molecule has 0 bridgehead atoms. The third-order valence-electron chi connectivity index (χ3n) is 9.54. The fraction of sp³-hybridized carbons (Fsp3) is 0. The molecule has 7 aromatic carbocycles. The summed E-state index contributed by atoms with van der Waals surface area (Å²) in [6.07, 6.45) is 7.61. The average molecular weight is 641 g/mol. The van der Waals surface area contributed by atoms with Crippen LogP contribution in [0.2, 0.25) is 0 Å². The highest BCUT2D eigenvalue weighted by Crippen LogP contribution is 2.48. The Bertz CT molecular complexity index is 2480. The van der Waals surface area contributed by atoms with Gasteiger partial charge >= 0.3 is 0 Å². The van der Waals surface area contributed by atoms with Gasteiger partial charge in [0, 0.05) is 22.3 Å². The summed E-state index contributed by atoms with van der Waals surface area (Å²) in [5, 5.41) is 0. The zero-order valence-corrected chi connectivity index (χ0v) is 27.3. The number of hydrogen-bond donors (Lipinski definition) is 0. The van der Waals surface area contributed by atoms with Crippen LogP contribution in [0, 0.1) is 0 Å². The van der Waals surface area contributed by atoms with Crippen LogP contribution in [0.3, 0.4) is 0 Å². The maximum Gasteiger partial charge on any atom is 0.135 e. The van der Waals surface area contributed by atoms with Gasteiger partial charge in [0.15, 0.2) is 0 Å². The molecule has 0 saturated carbocycles. The Morgan fingerprint density at radius 3 is 1.30 bits per heavy atom. The van der Waals surface area contributed by atoms with E-state index in [1.807, 2.05) is 30.4 Å². The van der Waals surface area contributed by atoms with Gasteiger partial charge in [-0.05, 0) is 86.5 Å². The van der Waals surface area contributed by atoms with Gasteiger partial charge < -0.3 is 9.47 Å². The van der Waals surface area contributed by atoms with Crippen molar-refractivity contribution in [3.63, 3.8) is 0 Å². The Hall–Kier alpha value is -6.64. The first-order valence-corrected chi connectivity index (χ1v) is 16.9. The van der Waals surface area contributed by atoms with E-state index < -0.39 is 0 Å². The summed E-state index contributed by atoms with van der Waals surface area (Å²) < 4.78 is 12.8. The van der Waals surface area contributed by atoms with E-state index in [1.165, 1.54) is 33.4 Å². The molecule has 7 aromatic rings. The van der Waals surface area contributed by atoms with Crippen LogP contribution in [0.4, 0.5) is 0 Å². The first-order chi connectivity index (χ1) is 24.7. The topological polar surface area (TPSA) is 18.5 Å². The maximum absolute atomic E-state index is 6.44. The van der Waals surface area contributed by atoms with E-state index in [0.29, 0.717) is 0 Å². The minimum Gasteiger partial charge on any atom is -0.456 e. The molecule has 0 atom stereocenters. The van der Waals surface area contributed by atoms with Crippen molar-refractivity contribution in [1.29, 1.82) is 0 Å². The molecule has 50 heavy (non-hydrogen) atoms. The van der Waals surface area contributed by atoms with Crippen LogP contribution >= 0.6 is 0 Å². The average Bonchev–Trinajstić information content (AvgIpc) is 3.32. The number of rotatable bonds is 5. The lowest BCUT2D eigenvalue weighted by atomic mass is 9.91. The SMILES string of the molecule is C=C/C=C\C=C1/Oc2ccc(-c3ccc(-c4ccc(-c5ccc6c(c5)-c5ccccc5-c5ccccc5O6)cc4)cc3)cc2-c2ccccc21. The molecular formula is C48H32O2. The van der Waals surface area contributed by atoms with E-state index >= 15 is 0 Å². The van der Waals surface area contributed by atoms with Crippen molar-refractivity contribution in [1.82, 2.24) is 0 Å². The highest BCUT2D eigenvalue weighted by molar-refractivity contribution is 5.92. The highest BCUT2D eigenvalue weighted by atomic mass is 16.5. The smallest absolute Gasteiger partial charge is 0.135 e. The first kappa shape index (κ1) is 29.5. The summed E-state index contributed by atoms with van der Waals surface area (Å²) in [7, 11) is 0. The van der Waals surface area contributed by atoms with Gasteiger partial charge in [-0.1, -0.05) is 152 Å². The standard InChI is InChI=1S/C48H32O2/c1-2-3-4-16-45-42-14-8-7-13-40(42)44-31-37(27-29-48(44)49-45)35-24-20-33(21-25-35)32-18-22-34(23-19-32)36-26-28-47-43(30-36)39-12-6-5-11-38(39)41-15-9-10-17-46(41)50-47/h2-31H,1H2/b4-3-,45-16-. The third kappa shape index (κ3) is 5.24. The van der Waals surface area contributed by atoms with Crippen molar-refractivity contribution in [2.24, 2.45) is 0 Å². The molecule has 0 saturated heterocycles. The predicted octanol–water partition coefficient (Wildman–Crippen LogP) is 13.3. The Balaban J connectivity index is 0.983. The van der Waals surface area contributed by atoms with Gasteiger partial charge in [0.25, 0.3) is 0 Å². The molecule has 0 amide bonds. The lowest BCUT2D eigenvalue weighted by Gasteiger charge is -2.23. The summed E-state index contributed by atoms with van der Waals surface area (Å²) >= 11 is 0. The van der Waals surface area contributed by atoms with Crippen molar-refractivity contribution in [3.05, 3.63) is 194 Å². The van der Waals surface area contributed by atoms with E-state index in [4.69, 9.17) is 9.47 Å². The normalized spacial score (nSPS) is 13.2. The quantitative estimate of drug-likeness (QED) is 0.174. The van der Waals surface area contributed by atoms with Crippen molar-refractivity contribution < 1.29 is 9.47 Å². The molecule has 0 N–H and O–H groups in total. The van der Waals surface area contributed by atoms with E-state index in [1.54, 1.807) is 6.08 Å². The van der Waals surface area contributed by atoms with Gasteiger partial charge in [-0.3, -0.25) is 0 Å². The molecule has 0 aromatic heterocycles. The van der Waals surface area contributed by atoms with Crippen LogP contribution in [0.1, 0.15) is 5.56 Å². The van der Waals surface area contributed by atoms with Crippen molar-refractivity contribution in [2.75, 3.05) is 0 Å². The van der Waals surface area contributed by atoms with E-state index in [9.17, 15) is 0 Å². The second-order valence-corrected chi connectivity index (χ2v) is 12.5. The van der Waals surface area contributed by atoms with Gasteiger partial charge in [-0.25, -0.2) is 0 Å². The fourth-order valence-electron chi connectivity index (χ4n) is 7.03. The summed E-state index contributed by atoms with van der Waals surface area (Å²) in [6, 6.07) is 55.8.